The molecule has 0 aromatic heterocycles. The van der Waals surface area contributed by atoms with Crippen LogP contribution in [0.2, 0.25) is 6.04 Å². The van der Waals surface area contributed by atoms with Gasteiger partial charge in [-0.05, 0) is 191 Å². The first-order valence-corrected chi connectivity index (χ1v) is 42.3. The van der Waals surface area contributed by atoms with Gasteiger partial charge < -0.3 is 39.8 Å². The SMILES string of the molecule is CCO[Si](CCS(SSSCCC12CCC(CC1)C2)(SSSSC[Si](OCC)(OCC)OCC)SSSSC[Si](OCC)(OCC)OCC)(OCC)OCC. The number of fused-ring (bicyclic) bond motifs is 2. The highest BCUT2D eigenvalue weighted by molar-refractivity contribution is 9.74. The van der Waals surface area contributed by atoms with E-state index < -0.39 is 33.5 Å². The van der Waals surface area contributed by atoms with E-state index in [2.05, 4.69) is 20.6 Å². The fourth-order valence-electron chi connectivity index (χ4n) is 6.56. The van der Waals surface area contributed by atoms with Crippen molar-refractivity contribution in [3.63, 3.8) is 0 Å². The molecule has 2 bridgehead atoms. The standard InChI is InChI=1S/C31H68O9S12Si3/c1-10-32-53(33-11-2,34-12-3)26-25-52(49-46-41-24-23-31-21-19-30(27-31)20-22-31,50-47-44-42-28-54(35-13-4,36-14-5)37-15-6)51-48-45-43-29-55(38-16-7,39-17-8)40-18-9/h30H,10-29H2,1-9H3. The predicted molar refractivity (Wildman–Crippen MR) is 271 cm³/mol. The normalized spacial score (nSPS) is 19.5. The Balaban J connectivity index is 2.25. The summed E-state index contributed by atoms with van der Waals surface area (Å²) in [7, 11) is 11.2. The summed E-state index contributed by atoms with van der Waals surface area (Å²) in [6.45, 7) is 23.4. The van der Waals surface area contributed by atoms with Gasteiger partial charge in [-0.1, -0.05) is 39.5 Å². The Labute approximate surface area is 380 Å². The van der Waals surface area contributed by atoms with Crippen molar-refractivity contribution in [2.75, 3.05) is 81.7 Å². The second-order valence-electron chi connectivity index (χ2n) is 12.2. The minimum absolute atomic E-state index is 0.577. The van der Waals surface area contributed by atoms with Crippen molar-refractivity contribution in [3.8, 4) is 0 Å². The number of rotatable bonds is 39. The van der Waals surface area contributed by atoms with Gasteiger partial charge in [0.2, 0.25) is 0 Å². The third kappa shape index (κ3) is 20.9. The Bertz CT molecular complexity index is 887. The molecule has 2 aliphatic carbocycles. The lowest BCUT2D eigenvalue weighted by molar-refractivity contribution is 0.0726. The van der Waals surface area contributed by atoms with Crippen LogP contribution in [-0.2, 0) is 39.8 Å². The van der Waals surface area contributed by atoms with Crippen LogP contribution in [0.25, 0.3) is 0 Å². The zero-order chi connectivity index (χ0) is 40.4. The minimum atomic E-state index is -2.87. The second kappa shape index (κ2) is 32.2. The molecule has 0 heterocycles. The third-order valence-electron chi connectivity index (χ3n) is 8.61. The van der Waals surface area contributed by atoms with Crippen LogP contribution in [0.1, 0.15) is 101 Å². The monoisotopic (exact) mass is 1050 g/mol. The maximum absolute atomic E-state index is 6.39. The molecule has 0 atom stereocenters. The summed E-state index contributed by atoms with van der Waals surface area (Å²) in [6.07, 6.45) is 8.58. The quantitative estimate of drug-likeness (QED) is 0.0332. The molecule has 2 saturated carbocycles. The second-order valence-corrected chi connectivity index (χ2v) is 47.7. The van der Waals surface area contributed by atoms with Crippen molar-refractivity contribution < 1.29 is 39.8 Å². The molecule has 24 heteroatoms. The molecule has 0 unspecified atom stereocenters. The molecular weight excluding hydrogens is 985 g/mol. The van der Waals surface area contributed by atoms with Crippen LogP contribution in [0.4, 0.5) is 0 Å². The topological polar surface area (TPSA) is 83.1 Å². The smallest absolute Gasteiger partial charge is 0.374 e. The summed E-state index contributed by atoms with van der Waals surface area (Å²) in [6, 6.07) is 0.779. The largest absolute Gasteiger partial charge is 0.512 e. The van der Waals surface area contributed by atoms with Crippen molar-refractivity contribution in [3.05, 3.63) is 0 Å². The van der Waals surface area contributed by atoms with E-state index in [1.54, 1.807) is 41.2 Å². The molecule has 2 fully saturated rings. The molecule has 0 spiro atoms. The van der Waals surface area contributed by atoms with E-state index >= 15 is 0 Å². The average Bonchev–Trinajstić information content (AvgIpc) is 3.76. The average molecular weight is 1050 g/mol. The molecule has 0 aliphatic heterocycles. The van der Waals surface area contributed by atoms with Crippen molar-refractivity contribution in [2.45, 2.75) is 107 Å². The van der Waals surface area contributed by atoms with Crippen LogP contribution >= 0.6 is 118 Å². The molecule has 2 rings (SSSR count). The van der Waals surface area contributed by atoms with Crippen LogP contribution in [-0.4, -0.2) is 108 Å². The van der Waals surface area contributed by atoms with Crippen molar-refractivity contribution >= 4 is 145 Å². The molecule has 55 heavy (non-hydrogen) atoms. The van der Waals surface area contributed by atoms with Crippen LogP contribution in [0.3, 0.4) is 0 Å². The summed E-state index contributed by atoms with van der Waals surface area (Å²) in [5.74, 6) is 3.15. The van der Waals surface area contributed by atoms with Gasteiger partial charge in [0.15, 0.2) is 0 Å². The van der Waals surface area contributed by atoms with Gasteiger partial charge in [0.05, 0.1) is 10.8 Å². The zero-order valence-corrected chi connectivity index (χ0v) is 47.1. The van der Waals surface area contributed by atoms with Gasteiger partial charge in [0.25, 0.3) is 0 Å². The van der Waals surface area contributed by atoms with Crippen LogP contribution in [0, 0.1) is 11.3 Å². The highest BCUT2D eigenvalue weighted by Gasteiger charge is 2.46. The molecule has 0 amide bonds. The molecule has 0 aromatic rings. The lowest BCUT2D eigenvalue weighted by atomic mass is 9.82. The maximum Gasteiger partial charge on any atom is 0.512 e. The van der Waals surface area contributed by atoms with E-state index in [9.17, 15) is 0 Å². The Hall–Kier alpha value is 4.49. The van der Waals surface area contributed by atoms with E-state index in [0.29, 0.717) is 75.6 Å². The van der Waals surface area contributed by atoms with E-state index in [0.717, 1.165) is 17.7 Å². The van der Waals surface area contributed by atoms with Crippen molar-refractivity contribution in [1.82, 2.24) is 0 Å². The first-order chi connectivity index (χ1) is 26.7. The first-order valence-electron chi connectivity index (χ1n) is 19.5. The van der Waals surface area contributed by atoms with E-state index in [1.807, 2.05) is 111 Å². The van der Waals surface area contributed by atoms with Crippen LogP contribution in [0.5, 0.6) is 0 Å². The molecule has 0 N–H and O–H groups in total. The fourth-order valence-corrected chi connectivity index (χ4v) is 69.5. The van der Waals surface area contributed by atoms with Gasteiger partial charge in [0.1, 0.15) is 0 Å². The van der Waals surface area contributed by atoms with E-state index in [4.69, 9.17) is 39.8 Å². The number of hydrogen-bond acceptors (Lipinski definition) is 20. The Morgan fingerprint density at radius 2 is 0.873 bits per heavy atom. The third-order valence-corrected chi connectivity index (χ3v) is 57.3. The molecule has 0 radical (unpaired) electrons. The van der Waals surface area contributed by atoms with Crippen LogP contribution in [0.15, 0.2) is 0 Å². The highest BCUT2D eigenvalue weighted by Crippen LogP contribution is 2.89. The lowest BCUT2D eigenvalue weighted by Crippen LogP contribution is -2.49. The summed E-state index contributed by atoms with van der Waals surface area (Å²) in [5, 5.41) is 1.41. The maximum atomic E-state index is 6.39. The molecule has 330 valence electrons. The molecule has 0 saturated heterocycles. The molecule has 9 nitrogen and oxygen atoms in total. The summed E-state index contributed by atoms with van der Waals surface area (Å²) in [5.41, 5.74) is 0.619. The van der Waals surface area contributed by atoms with Gasteiger partial charge in [-0.15, -0.1) is 0 Å². The summed E-state index contributed by atoms with van der Waals surface area (Å²) < 4.78 is 56.0. The van der Waals surface area contributed by atoms with Gasteiger partial charge >= 0.3 is 26.4 Å². The summed E-state index contributed by atoms with van der Waals surface area (Å²) >= 11 is 0. The molecule has 2 aliphatic rings. The fraction of sp³-hybridized carbons (Fsp3) is 1.00. The Kier molecular flexibility index (Phi) is 32.6. The van der Waals surface area contributed by atoms with Crippen molar-refractivity contribution in [2.24, 2.45) is 11.3 Å². The Morgan fingerprint density at radius 3 is 1.24 bits per heavy atom. The van der Waals surface area contributed by atoms with E-state index in [1.165, 1.54) is 44.3 Å². The molecule has 0 aromatic carbocycles. The summed E-state index contributed by atoms with van der Waals surface area (Å²) in [4.78, 5) is 0. The molecular formula is C31H68O9S12Si3. The first kappa shape index (κ1) is 55.6. The van der Waals surface area contributed by atoms with Gasteiger partial charge in [-0.25, -0.2) is 0 Å². The lowest BCUT2D eigenvalue weighted by Gasteiger charge is -2.37. The zero-order valence-electron chi connectivity index (χ0n) is 34.3. The number of hydrogen-bond donors (Lipinski definition) is 0. The van der Waals surface area contributed by atoms with E-state index in [-0.39, 0.29) is 0 Å². The highest BCUT2D eigenvalue weighted by atomic mass is 34.2. The van der Waals surface area contributed by atoms with Gasteiger partial charge in [-0.3, -0.25) is 0 Å². The minimum Gasteiger partial charge on any atom is -0.374 e. The van der Waals surface area contributed by atoms with Gasteiger partial charge in [0, 0.05) is 77.0 Å². The predicted octanol–water partition coefficient (Wildman–Crippen LogP) is 14.1. The van der Waals surface area contributed by atoms with Crippen LogP contribution < -0.4 is 0 Å². The Morgan fingerprint density at radius 1 is 0.491 bits per heavy atom. The van der Waals surface area contributed by atoms with Crippen molar-refractivity contribution in [1.29, 1.82) is 0 Å². The van der Waals surface area contributed by atoms with Gasteiger partial charge in [-0.2, -0.15) is 0 Å².